The molecule has 2 unspecified atom stereocenters. The van der Waals surface area contributed by atoms with Gasteiger partial charge in [-0.1, -0.05) is 26.7 Å². The fourth-order valence-corrected chi connectivity index (χ4v) is 3.73. The van der Waals surface area contributed by atoms with Crippen LogP contribution in [-0.2, 0) is 4.79 Å². The predicted octanol–water partition coefficient (Wildman–Crippen LogP) is 2.85. The molecule has 0 aromatic rings. The molecule has 0 aromatic carbocycles. The third-order valence-electron chi connectivity index (χ3n) is 5.41. The first-order chi connectivity index (χ1) is 9.15. The monoisotopic (exact) mass is 266 g/mol. The van der Waals surface area contributed by atoms with Gasteiger partial charge in [0, 0.05) is 19.0 Å². The molecule has 0 bridgehead atoms. The zero-order valence-corrected chi connectivity index (χ0v) is 12.6. The van der Waals surface area contributed by atoms with Crippen molar-refractivity contribution in [2.24, 2.45) is 11.3 Å². The van der Waals surface area contributed by atoms with Crippen molar-refractivity contribution < 1.29 is 4.79 Å². The lowest BCUT2D eigenvalue weighted by atomic mass is 9.83. The highest BCUT2D eigenvalue weighted by Gasteiger charge is 2.32. The van der Waals surface area contributed by atoms with Crippen LogP contribution < -0.4 is 10.6 Å². The molecule has 1 saturated carbocycles. The van der Waals surface area contributed by atoms with Gasteiger partial charge in [-0.3, -0.25) is 4.79 Å². The van der Waals surface area contributed by atoms with E-state index in [0.717, 1.165) is 13.1 Å². The Bertz CT molecular complexity index is 297. The Hall–Kier alpha value is -0.570. The average Bonchev–Trinajstić information content (AvgIpc) is 2.89. The third kappa shape index (κ3) is 3.95. The molecule has 0 radical (unpaired) electrons. The number of amides is 1. The Morgan fingerprint density at radius 3 is 2.68 bits per heavy atom. The first-order valence-corrected chi connectivity index (χ1v) is 8.15. The van der Waals surface area contributed by atoms with Gasteiger partial charge in [0.2, 0.25) is 5.91 Å². The highest BCUT2D eigenvalue weighted by atomic mass is 16.1. The first-order valence-electron chi connectivity index (χ1n) is 8.15. The maximum atomic E-state index is 12.1. The molecule has 2 rings (SSSR count). The number of rotatable bonds is 5. The summed E-state index contributed by atoms with van der Waals surface area (Å²) in [4.78, 5) is 12.1. The van der Waals surface area contributed by atoms with Crippen LogP contribution >= 0.6 is 0 Å². The smallest absolute Gasteiger partial charge is 0.221 e. The highest BCUT2D eigenvalue weighted by Crippen LogP contribution is 2.40. The van der Waals surface area contributed by atoms with Gasteiger partial charge in [0.1, 0.15) is 0 Å². The topological polar surface area (TPSA) is 41.1 Å². The summed E-state index contributed by atoms with van der Waals surface area (Å²) in [7, 11) is 0. The number of hydrogen-bond donors (Lipinski definition) is 2. The summed E-state index contributed by atoms with van der Waals surface area (Å²) >= 11 is 0. The Balaban J connectivity index is 1.74. The number of carbonyl (C=O) groups is 1. The molecule has 110 valence electrons. The maximum absolute atomic E-state index is 12.1. The second-order valence-corrected chi connectivity index (χ2v) is 6.72. The van der Waals surface area contributed by atoms with Crippen molar-refractivity contribution in [1.82, 2.24) is 10.6 Å². The van der Waals surface area contributed by atoms with E-state index in [1.807, 2.05) is 0 Å². The molecule has 0 spiro atoms. The van der Waals surface area contributed by atoms with Gasteiger partial charge in [-0.05, 0) is 50.0 Å². The van der Waals surface area contributed by atoms with E-state index >= 15 is 0 Å². The molecule has 1 saturated heterocycles. The van der Waals surface area contributed by atoms with Crippen LogP contribution in [0.1, 0.15) is 65.2 Å². The van der Waals surface area contributed by atoms with Crippen molar-refractivity contribution in [3.8, 4) is 0 Å². The highest BCUT2D eigenvalue weighted by molar-refractivity contribution is 5.76. The zero-order chi connectivity index (χ0) is 13.7. The van der Waals surface area contributed by atoms with Crippen LogP contribution in [0.25, 0.3) is 0 Å². The van der Waals surface area contributed by atoms with Crippen LogP contribution in [0, 0.1) is 11.3 Å². The van der Waals surface area contributed by atoms with Gasteiger partial charge < -0.3 is 10.6 Å². The molecular weight excluding hydrogens is 236 g/mol. The summed E-state index contributed by atoms with van der Waals surface area (Å²) in [6.45, 7) is 6.49. The Morgan fingerprint density at radius 1 is 1.32 bits per heavy atom. The minimum atomic E-state index is 0.242. The molecule has 0 aromatic heterocycles. The Labute approximate surface area is 117 Å². The SMILES string of the molecule is CCC1(CNC(=O)CC2NCCCC2C)CCCC1. The largest absolute Gasteiger partial charge is 0.355 e. The maximum Gasteiger partial charge on any atom is 0.221 e. The molecule has 1 aliphatic heterocycles. The van der Waals surface area contributed by atoms with E-state index in [1.165, 1.54) is 44.9 Å². The van der Waals surface area contributed by atoms with Gasteiger partial charge in [-0.25, -0.2) is 0 Å². The number of piperidine rings is 1. The van der Waals surface area contributed by atoms with Crippen molar-refractivity contribution in [2.45, 2.75) is 71.3 Å². The summed E-state index contributed by atoms with van der Waals surface area (Å²) < 4.78 is 0. The lowest BCUT2D eigenvalue weighted by molar-refractivity contribution is -0.122. The number of carbonyl (C=O) groups excluding carboxylic acids is 1. The van der Waals surface area contributed by atoms with Gasteiger partial charge in [0.15, 0.2) is 0 Å². The summed E-state index contributed by atoms with van der Waals surface area (Å²) in [6, 6.07) is 0.384. The number of hydrogen-bond acceptors (Lipinski definition) is 2. The average molecular weight is 266 g/mol. The van der Waals surface area contributed by atoms with Crippen molar-refractivity contribution in [1.29, 1.82) is 0 Å². The van der Waals surface area contributed by atoms with Gasteiger partial charge in [-0.2, -0.15) is 0 Å². The molecular formula is C16H30N2O. The minimum Gasteiger partial charge on any atom is -0.355 e. The molecule has 2 fully saturated rings. The quantitative estimate of drug-likeness (QED) is 0.803. The minimum absolute atomic E-state index is 0.242. The lowest BCUT2D eigenvalue weighted by Gasteiger charge is -2.31. The summed E-state index contributed by atoms with van der Waals surface area (Å²) in [6.07, 6.45) is 9.62. The standard InChI is InChI=1S/C16H30N2O/c1-3-16(8-4-5-9-16)12-18-15(19)11-14-13(2)7-6-10-17-14/h13-14,17H,3-12H2,1-2H3,(H,18,19). The van der Waals surface area contributed by atoms with Gasteiger partial charge in [-0.15, -0.1) is 0 Å². The molecule has 2 atom stereocenters. The fourth-order valence-electron chi connectivity index (χ4n) is 3.73. The Kier molecular flexibility index (Phi) is 5.26. The van der Waals surface area contributed by atoms with E-state index in [-0.39, 0.29) is 5.91 Å². The summed E-state index contributed by atoms with van der Waals surface area (Å²) in [5.41, 5.74) is 0.404. The van der Waals surface area contributed by atoms with Crippen molar-refractivity contribution >= 4 is 5.91 Å². The van der Waals surface area contributed by atoms with E-state index in [2.05, 4.69) is 24.5 Å². The van der Waals surface area contributed by atoms with E-state index in [1.54, 1.807) is 0 Å². The van der Waals surface area contributed by atoms with Crippen molar-refractivity contribution in [2.75, 3.05) is 13.1 Å². The van der Waals surface area contributed by atoms with Crippen LogP contribution in [0.2, 0.25) is 0 Å². The second-order valence-electron chi connectivity index (χ2n) is 6.72. The van der Waals surface area contributed by atoms with E-state index in [4.69, 9.17) is 0 Å². The van der Waals surface area contributed by atoms with Crippen molar-refractivity contribution in [3.05, 3.63) is 0 Å². The normalized spacial score (nSPS) is 30.2. The zero-order valence-electron chi connectivity index (χ0n) is 12.6. The van der Waals surface area contributed by atoms with Gasteiger partial charge >= 0.3 is 0 Å². The lowest BCUT2D eigenvalue weighted by Crippen LogP contribution is -2.45. The van der Waals surface area contributed by atoms with Crippen LogP contribution in [-0.4, -0.2) is 25.0 Å². The molecule has 3 heteroatoms. The molecule has 1 heterocycles. The molecule has 2 aliphatic rings. The second kappa shape index (κ2) is 6.74. The molecule has 1 amide bonds. The number of nitrogens with one attached hydrogen (secondary N) is 2. The van der Waals surface area contributed by atoms with E-state index in [9.17, 15) is 4.79 Å². The van der Waals surface area contributed by atoms with E-state index < -0.39 is 0 Å². The van der Waals surface area contributed by atoms with Crippen molar-refractivity contribution in [3.63, 3.8) is 0 Å². The molecule has 2 N–H and O–H groups in total. The molecule has 19 heavy (non-hydrogen) atoms. The van der Waals surface area contributed by atoms with Gasteiger partial charge in [0.05, 0.1) is 0 Å². The summed E-state index contributed by atoms with van der Waals surface area (Å²) in [5.74, 6) is 0.872. The van der Waals surface area contributed by atoms with Crippen LogP contribution in [0.15, 0.2) is 0 Å². The Morgan fingerprint density at radius 2 is 2.05 bits per heavy atom. The van der Waals surface area contributed by atoms with Crippen LogP contribution in [0.4, 0.5) is 0 Å². The van der Waals surface area contributed by atoms with E-state index in [0.29, 0.717) is 23.8 Å². The third-order valence-corrected chi connectivity index (χ3v) is 5.41. The summed E-state index contributed by atoms with van der Waals surface area (Å²) in [5, 5.41) is 6.70. The predicted molar refractivity (Wildman–Crippen MR) is 79.0 cm³/mol. The van der Waals surface area contributed by atoms with Gasteiger partial charge in [0.25, 0.3) is 0 Å². The van der Waals surface area contributed by atoms with Crippen LogP contribution in [0.5, 0.6) is 0 Å². The molecule has 1 aliphatic carbocycles. The first kappa shape index (κ1) is 14.8. The molecule has 3 nitrogen and oxygen atoms in total. The fraction of sp³-hybridized carbons (Fsp3) is 0.938. The van der Waals surface area contributed by atoms with Crippen LogP contribution in [0.3, 0.4) is 0 Å².